The van der Waals surface area contributed by atoms with Crippen molar-refractivity contribution in [3.63, 3.8) is 0 Å². The molecule has 82 valence electrons. The van der Waals surface area contributed by atoms with Crippen molar-refractivity contribution in [2.75, 3.05) is 0 Å². The van der Waals surface area contributed by atoms with Crippen LogP contribution in [0, 0.1) is 0 Å². The smallest absolute Gasteiger partial charge is 0.195 e. The summed E-state index contributed by atoms with van der Waals surface area (Å²) >= 11 is 0. The molecule has 0 spiro atoms. The summed E-state index contributed by atoms with van der Waals surface area (Å²) in [5.74, 6) is -0.309. The van der Waals surface area contributed by atoms with Crippen LogP contribution in [0.5, 0.6) is 0 Å². The first-order valence-electron chi connectivity index (χ1n) is 5.11. The van der Waals surface area contributed by atoms with Gasteiger partial charge in [0.15, 0.2) is 5.78 Å². The Morgan fingerprint density at radius 1 is 1.25 bits per heavy atom. The van der Waals surface area contributed by atoms with Crippen LogP contribution >= 0.6 is 0 Å². The summed E-state index contributed by atoms with van der Waals surface area (Å²) in [6.45, 7) is 2.97. The van der Waals surface area contributed by atoms with Crippen molar-refractivity contribution >= 4 is 16.7 Å². The predicted molar refractivity (Wildman–Crippen MR) is 62.4 cm³/mol. The lowest BCUT2D eigenvalue weighted by Crippen LogP contribution is -2.31. The van der Waals surface area contributed by atoms with E-state index in [2.05, 4.69) is 4.98 Å². The Morgan fingerprint density at radius 3 is 2.62 bits per heavy atom. The highest BCUT2D eigenvalue weighted by molar-refractivity contribution is 6.10. The molecule has 0 aliphatic heterocycles. The molecule has 3 heteroatoms. The van der Waals surface area contributed by atoms with E-state index in [1.165, 1.54) is 13.8 Å². The van der Waals surface area contributed by atoms with Gasteiger partial charge in [0.1, 0.15) is 5.60 Å². The Labute approximate surface area is 93.7 Å². The molecule has 1 N–H and O–H groups in total. The molecule has 0 aliphatic rings. The van der Waals surface area contributed by atoms with Crippen molar-refractivity contribution in [3.05, 3.63) is 42.1 Å². The Morgan fingerprint density at radius 2 is 1.94 bits per heavy atom. The van der Waals surface area contributed by atoms with Gasteiger partial charge < -0.3 is 5.11 Å². The summed E-state index contributed by atoms with van der Waals surface area (Å²) in [5.41, 5.74) is -0.269. The van der Waals surface area contributed by atoms with Gasteiger partial charge in [0.05, 0.1) is 5.52 Å². The van der Waals surface area contributed by atoms with Crippen LogP contribution in [0.3, 0.4) is 0 Å². The van der Waals surface area contributed by atoms with Crippen molar-refractivity contribution < 1.29 is 9.90 Å². The van der Waals surface area contributed by atoms with Crippen LogP contribution in [0.25, 0.3) is 10.9 Å². The SMILES string of the molecule is CC(C)(O)C(=O)c1cccc2cccnc12. The molecule has 3 nitrogen and oxygen atoms in total. The average molecular weight is 215 g/mol. The first kappa shape index (κ1) is 10.8. The van der Waals surface area contributed by atoms with Crippen LogP contribution < -0.4 is 0 Å². The van der Waals surface area contributed by atoms with E-state index in [4.69, 9.17) is 0 Å². The van der Waals surface area contributed by atoms with Gasteiger partial charge in [0.2, 0.25) is 0 Å². The van der Waals surface area contributed by atoms with Gasteiger partial charge in [-0.1, -0.05) is 18.2 Å². The maximum Gasteiger partial charge on any atom is 0.195 e. The average Bonchev–Trinajstić information content (AvgIpc) is 2.26. The fourth-order valence-electron chi connectivity index (χ4n) is 1.62. The van der Waals surface area contributed by atoms with Crippen LogP contribution in [0.4, 0.5) is 0 Å². The third-order valence-electron chi connectivity index (χ3n) is 2.43. The second-order valence-electron chi connectivity index (χ2n) is 4.27. The Bertz CT molecular complexity index is 536. The van der Waals surface area contributed by atoms with E-state index >= 15 is 0 Å². The molecule has 1 aromatic heterocycles. The molecule has 0 unspecified atom stereocenters. The minimum absolute atomic E-state index is 0.309. The first-order valence-corrected chi connectivity index (χ1v) is 5.11. The number of aromatic nitrogens is 1. The van der Waals surface area contributed by atoms with E-state index in [-0.39, 0.29) is 5.78 Å². The largest absolute Gasteiger partial charge is 0.382 e. The van der Waals surface area contributed by atoms with Gasteiger partial charge in [0.25, 0.3) is 0 Å². The summed E-state index contributed by atoms with van der Waals surface area (Å²) < 4.78 is 0. The number of nitrogens with zero attached hydrogens (tertiary/aromatic N) is 1. The highest BCUT2D eigenvalue weighted by atomic mass is 16.3. The van der Waals surface area contributed by atoms with Crippen molar-refractivity contribution in [1.29, 1.82) is 0 Å². The normalized spacial score (nSPS) is 11.7. The molecule has 1 aromatic carbocycles. The summed E-state index contributed by atoms with van der Waals surface area (Å²) in [4.78, 5) is 16.2. The lowest BCUT2D eigenvalue weighted by Gasteiger charge is -2.16. The second-order valence-corrected chi connectivity index (χ2v) is 4.27. The first-order chi connectivity index (χ1) is 7.50. The van der Waals surface area contributed by atoms with Crippen molar-refractivity contribution in [3.8, 4) is 0 Å². The van der Waals surface area contributed by atoms with Gasteiger partial charge in [-0.25, -0.2) is 0 Å². The lowest BCUT2D eigenvalue weighted by molar-refractivity contribution is 0.0489. The monoisotopic (exact) mass is 215 g/mol. The molecule has 0 saturated heterocycles. The zero-order valence-electron chi connectivity index (χ0n) is 9.27. The molecule has 0 atom stereocenters. The molecular formula is C13H13NO2. The van der Waals surface area contributed by atoms with Crippen LogP contribution in [0.1, 0.15) is 24.2 Å². The Hall–Kier alpha value is -1.74. The van der Waals surface area contributed by atoms with Crippen LogP contribution in [-0.2, 0) is 0 Å². The number of carbonyl (C=O) groups is 1. The zero-order chi connectivity index (χ0) is 11.8. The third-order valence-corrected chi connectivity index (χ3v) is 2.43. The number of benzene rings is 1. The van der Waals surface area contributed by atoms with E-state index in [1.54, 1.807) is 18.3 Å². The number of carbonyl (C=O) groups excluding carboxylic acids is 1. The van der Waals surface area contributed by atoms with Crippen molar-refractivity contribution in [1.82, 2.24) is 4.98 Å². The van der Waals surface area contributed by atoms with Gasteiger partial charge in [-0.2, -0.15) is 0 Å². The standard InChI is InChI=1S/C13H13NO2/c1-13(2,16)12(15)10-7-3-5-9-6-4-8-14-11(9)10/h3-8,16H,1-2H3. The number of para-hydroxylation sites is 1. The summed E-state index contributed by atoms with van der Waals surface area (Å²) in [6.07, 6.45) is 1.64. The molecule has 2 aromatic rings. The Balaban J connectivity index is 2.66. The molecule has 0 saturated carbocycles. The minimum Gasteiger partial charge on any atom is -0.382 e. The maximum absolute atomic E-state index is 12.0. The lowest BCUT2D eigenvalue weighted by atomic mass is 9.95. The number of pyridine rings is 1. The number of aliphatic hydroxyl groups is 1. The summed E-state index contributed by atoms with van der Waals surface area (Å²) in [6, 6.07) is 9.09. The topological polar surface area (TPSA) is 50.2 Å². The number of Topliss-reactive ketones (excluding diaryl/α,β-unsaturated/α-hetero) is 1. The molecular weight excluding hydrogens is 202 g/mol. The fraction of sp³-hybridized carbons (Fsp3) is 0.231. The molecule has 0 radical (unpaired) electrons. The number of hydrogen-bond acceptors (Lipinski definition) is 3. The molecule has 1 heterocycles. The van der Waals surface area contributed by atoms with Crippen LogP contribution in [0.2, 0.25) is 0 Å². The summed E-state index contributed by atoms with van der Waals surface area (Å²) in [5, 5.41) is 10.6. The third kappa shape index (κ3) is 1.82. The molecule has 0 bridgehead atoms. The number of rotatable bonds is 2. The predicted octanol–water partition coefficient (Wildman–Crippen LogP) is 2.19. The van der Waals surface area contributed by atoms with E-state index in [1.807, 2.05) is 18.2 Å². The quantitative estimate of drug-likeness (QED) is 0.781. The van der Waals surface area contributed by atoms with Gasteiger partial charge in [-0.05, 0) is 26.0 Å². The summed E-state index contributed by atoms with van der Waals surface area (Å²) in [7, 11) is 0. The van der Waals surface area contributed by atoms with E-state index in [0.29, 0.717) is 11.1 Å². The number of ketones is 1. The Kier molecular flexibility index (Phi) is 2.48. The van der Waals surface area contributed by atoms with Crippen molar-refractivity contribution in [2.24, 2.45) is 0 Å². The molecule has 0 aliphatic carbocycles. The molecule has 0 amide bonds. The minimum atomic E-state index is -1.37. The highest BCUT2D eigenvalue weighted by Gasteiger charge is 2.26. The molecule has 16 heavy (non-hydrogen) atoms. The molecule has 0 fully saturated rings. The van der Waals surface area contributed by atoms with Gasteiger partial charge >= 0.3 is 0 Å². The van der Waals surface area contributed by atoms with Crippen molar-refractivity contribution in [2.45, 2.75) is 19.4 Å². The van der Waals surface area contributed by atoms with Gasteiger partial charge in [0, 0.05) is 17.1 Å². The number of fused-ring (bicyclic) bond motifs is 1. The van der Waals surface area contributed by atoms with Gasteiger partial charge in [-0.3, -0.25) is 9.78 Å². The van der Waals surface area contributed by atoms with Gasteiger partial charge in [-0.15, -0.1) is 0 Å². The highest BCUT2D eigenvalue weighted by Crippen LogP contribution is 2.20. The van der Waals surface area contributed by atoms with E-state index in [0.717, 1.165) is 5.39 Å². The van der Waals surface area contributed by atoms with Crippen LogP contribution in [-0.4, -0.2) is 21.5 Å². The number of hydrogen-bond donors (Lipinski definition) is 1. The molecule has 2 rings (SSSR count). The van der Waals surface area contributed by atoms with E-state index in [9.17, 15) is 9.90 Å². The van der Waals surface area contributed by atoms with Crippen LogP contribution in [0.15, 0.2) is 36.5 Å². The fourth-order valence-corrected chi connectivity index (χ4v) is 1.62. The second kappa shape index (κ2) is 3.68. The zero-order valence-corrected chi connectivity index (χ0v) is 9.27. The maximum atomic E-state index is 12.0. The van der Waals surface area contributed by atoms with E-state index < -0.39 is 5.60 Å².